The van der Waals surface area contributed by atoms with Crippen LogP contribution in [0.2, 0.25) is 0 Å². The minimum atomic E-state index is -0.514. The summed E-state index contributed by atoms with van der Waals surface area (Å²) in [7, 11) is 0. The van der Waals surface area contributed by atoms with Crippen molar-refractivity contribution in [1.29, 1.82) is 0 Å². The number of carbonyl (C=O) groups is 1. The van der Waals surface area contributed by atoms with Gasteiger partial charge in [0.15, 0.2) is 0 Å². The number of nitrogens with two attached hydrogens (primary N) is 1. The molecular weight excluding hydrogens is 469 g/mol. The Bertz CT molecular complexity index is 1520. The second kappa shape index (κ2) is 10.1. The van der Waals surface area contributed by atoms with Crippen LogP contribution < -0.4 is 21.5 Å². The lowest BCUT2D eigenvalue weighted by Gasteiger charge is -2.37. The van der Waals surface area contributed by atoms with E-state index in [2.05, 4.69) is 21.9 Å². The zero-order valence-electron chi connectivity index (χ0n) is 20.1. The largest absolute Gasteiger partial charge is 0.392 e. The monoisotopic (exact) mass is 495 g/mol. The number of benzene rings is 3. The first-order valence-corrected chi connectivity index (χ1v) is 12.0. The third-order valence-electron chi connectivity index (χ3n) is 6.48. The molecule has 1 amide bonds. The summed E-state index contributed by atoms with van der Waals surface area (Å²) in [4.78, 5) is 35.8. The molecule has 4 N–H and O–H groups in total. The number of aromatic nitrogens is 2. The Morgan fingerprint density at radius 2 is 1.78 bits per heavy atom. The van der Waals surface area contributed by atoms with Crippen molar-refractivity contribution >= 4 is 23.0 Å². The fraction of sp³-hybridized carbons (Fsp3) is 0.138. The van der Waals surface area contributed by atoms with Crippen LogP contribution in [0.4, 0.5) is 15.8 Å². The molecule has 3 aromatic carbocycles. The lowest BCUT2D eigenvalue weighted by molar-refractivity contribution is 0.0971. The van der Waals surface area contributed by atoms with Crippen LogP contribution in [0.5, 0.6) is 0 Å². The molecule has 0 saturated heterocycles. The quantitative estimate of drug-likeness (QED) is 0.363. The first-order valence-electron chi connectivity index (χ1n) is 12.0. The van der Waals surface area contributed by atoms with Crippen LogP contribution in [-0.4, -0.2) is 15.9 Å². The number of hydrogen-bond acceptors (Lipinski definition) is 5. The van der Waals surface area contributed by atoms with Gasteiger partial charge < -0.3 is 16.0 Å². The van der Waals surface area contributed by atoms with Crippen molar-refractivity contribution in [1.82, 2.24) is 15.3 Å². The number of para-hydroxylation sites is 1. The van der Waals surface area contributed by atoms with Crippen LogP contribution in [0, 0.1) is 5.82 Å². The van der Waals surface area contributed by atoms with Crippen LogP contribution in [0.25, 0.3) is 5.70 Å². The fourth-order valence-electron chi connectivity index (χ4n) is 4.56. The molecule has 186 valence electrons. The molecule has 4 aromatic rings. The van der Waals surface area contributed by atoms with E-state index in [0.717, 1.165) is 16.8 Å². The van der Waals surface area contributed by atoms with E-state index in [-0.39, 0.29) is 23.1 Å². The van der Waals surface area contributed by atoms with Crippen LogP contribution in [-0.2, 0) is 13.0 Å². The topological polar surface area (TPSA) is 104 Å². The van der Waals surface area contributed by atoms with Gasteiger partial charge in [-0.25, -0.2) is 9.37 Å². The lowest BCUT2D eigenvalue weighted by atomic mass is 9.94. The van der Waals surface area contributed by atoms with Gasteiger partial charge in [0.25, 0.3) is 11.5 Å². The van der Waals surface area contributed by atoms with Crippen molar-refractivity contribution in [3.05, 3.63) is 130 Å². The van der Waals surface area contributed by atoms with Crippen molar-refractivity contribution in [3.8, 4) is 0 Å². The van der Waals surface area contributed by atoms with Crippen LogP contribution in [0.15, 0.2) is 90.2 Å². The molecule has 1 aliphatic rings. The second-order valence-corrected chi connectivity index (χ2v) is 8.90. The molecule has 8 heteroatoms. The summed E-state index contributed by atoms with van der Waals surface area (Å²) in [6.07, 6.45) is 1.28. The maximum atomic E-state index is 13.7. The number of amides is 1. The first kappa shape index (κ1) is 24.0. The van der Waals surface area contributed by atoms with E-state index in [1.54, 1.807) is 29.2 Å². The van der Waals surface area contributed by atoms with Gasteiger partial charge in [-0.15, -0.1) is 0 Å². The van der Waals surface area contributed by atoms with E-state index < -0.39 is 11.6 Å². The zero-order valence-corrected chi connectivity index (χ0v) is 20.1. The van der Waals surface area contributed by atoms with Gasteiger partial charge in [-0.05, 0) is 54.3 Å². The summed E-state index contributed by atoms with van der Waals surface area (Å²) >= 11 is 0. The predicted molar refractivity (Wildman–Crippen MR) is 142 cm³/mol. The number of nitrogens with zero attached hydrogens (tertiary/aromatic N) is 2. The Kier molecular flexibility index (Phi) is 6.55. The Morgan fingerprint density at radius 1 is 1.08 bits per heavy atom. The molecule has 0 radical (unpaired) electrons. The van der Waals surface area contributed by atoms with Gasteiger partial charge in [-0.1, -0.05) is 55.1 Å². The highest BCUT2D eigenvalue weighted by Gasteiger charge is 2.34. The number of halogens is 1. The van der Waals surface area contributed by atoms with E-state index >= 15 is 0 Å². The number of carbonyl (C=O) groups excluding carboxylic acids is 1. The number of rotatable bonds is 6. The molecule has 2 heterocycles. The molecule has 1 aromatic heterocycles. The van der Waals surface area contributed by atoms with Gasteiger partial charge in [0.05, 0.1) is 11.7 Å². The maximum Gasteiger partial charge on any atom is 0.274 e. The van der Waals surface area contributed by atoms with E-state index in [1.807, 2.05) is 42.5 Å². The molecule has 1 atom stereocenters. The molecule has 37 heavy (non-hydrogen) atoms. The maximum absolute atomic E-state index is 13.7. The molecule has 0 spiro atoms. The van der Waals surface area contributed by atoms with Gasteiger partial charge >= 0.3 is 0 Å². The van der Waals surface area contributed by atoms with Gasteiger partial charge in [0.2, 0.25) is 0 Å². The second-order valence-electron chi connectivity index (χ2n) is 8.90. The van der Waals surface area contributed by atoms with Crippen molar-refractivity contribution in [2.24, 2.45) is 0 Å². The molecule has 0 aliphatic carbocycles. The SMILES string of the molecule is C=C(NCc1ccc(F)cc1)c1nc(C2CCc3ccccc3N2C(=O)c2ccccc2)[nH]c(=O)c1N. The van der Waals surface area contributed by atoms with Gasteiger partial charge in [-0.2, -0.15) is 0 Å². The van der Waals surface area contributed by atoms with E-state index in [0.29, 0.717) is 36.5 Å². The van der Waals surface area contributed by atoms with Crippen LogP contribution >= 0.6 is 0 Å². The lowest BCUT2D eigenvalue weighted by Crippen LogP contribution is -2.40. The van der Waals surface area contributed by atoms with Crippen molar-refractivity contribution in [2.75, 3.05) is 10.6 Å². The normalized spacial score (nSPS) is 14.6. The van der Waals surface area contributed by atoms with Gasteiger partial charge in [-0.3, -0.25) is 14.5 Å². The molecule has 1 aliphatic heterocycles. The minimum Gasteiger partial charge on any atom is -0.392 e. The van der Waals surface area contributed by atoms with E-state index in [4.69, 9.17) is 5.73 Å². The highest BCUT2D eigenvalue weighted by molar-refractivity contribution is 6.07. The summed E-state index contributed by atoms with van der Waals surface area (Å²) in [5.74, 6) is -0.180. The van der Waals surface area contributed by atoms with Gasteiger partial charge in [0, 0.05) is 17.8 Å². The Morgan fingerprint density at radius 3 is 2.54 bits per heavy atom. The van der Waals surface area contributed by atoms with Crippen LogP contribution in [0.3, 0.4) is 0 Å². The molecule has 5 rings (SSSR count). The number of H-pyrrole nitrogens is 1. The summed E-state index contributed by atoms with van der Waals surface area (Å²) < 4.78 is 13.2. The zero-order chi connectivity index (χ0) is 25.9. The fourth-order valence-corrected chi connectivity index (χ4v) is 4.56. The number of nitrogens with one attached hydrogen (secondary N) is 2. The molecule has 1 unspecified atom stereocenters. The average molecular weight is 496 g/mol. The molecular formula is C29H26FN5O2. The van der Waals surface area contributed by atoms with Gasteiger partial charge in [0.1, 0.15) is 23.0 Å². The number of nitrogen functional groups attached to an aromatic ring is 1. The highest BCUT2D eigenvalue weighted by Crippen LogP contribution is 2.38. The van der Waals surface area contributed by atoms with E-state index in [1.165, 1.54) is 12.1 Å². The molecule has 0 fully saturated rings. The highest BCUT2D eigenvalue weighted by atomic mass is 19.1. The summed E-state index contributed by atoms with van der Waals surface area (Å²) in [6.45, 7) is 4.37. The smallest absolute Gasteiger partial charge is 0.274 e. The number of aromatic amines is 1. The van der Waals surface area contributed by atoms with Crippen LogP contribution in [0.1, 0.15) is 45.5 Å². The number of hydrogen-bond donors (Lipinski definition) is 3. The summed E-state index contributed by atoms with van der Waals surface area (Å²) in [6, 6.07) is 22.3. The molecule has 0 bridgehead atoms. The summed E-state index contributed by atoms with van der Waals surface area (Å²) in [5.41, 5.74) is 9.28. The van der Waals surface area contributed by atoms with Crippen molar-refractivity contribution in [2.45, 2.75) is 25.4 Å². The van der Waals surface area contributed by atoms with E-state index in [9.17, 15) is 14.0 Å². The number of aryl methyl sites for hydroxylation is 1. The Balaban J connectivity index is 1.50. The third kappa shape index (κ3) is 4.86. The molecule has 0 saturated carbocycles. The summed E-state index contributed by atoms with van der Waals surface area (Å²) in [5, 5.41) is 3.12. The first-order chi connectivity index (χ1) is 17.9. The van der Waals surface area contributed by atoms with Crippen molar-refractivity contribution in [3.63, 3.8) is 0 Å². The third-order valence-corrected chi connectivity index (χ3v) is 6.48. The number of anilines is 2. The molecule has 7 nitrogen and oxygen atoms in total. The Hall–Kier alpha value is -4.72. The number of fused-ring (bicyclic) bond motifs is 1. The average Bonchev–Trinajstić information content (AvgIpc) is 2.93. The minimum absolute atomic E-state index is 0.0718. The predicted octanol–water partition coefficient (Wildman–Crippen LogP) is 4.59. The van der Waals surface area contributed by atoms with Crippen molar-refractivity contribution < 1.29 is 9.18 Å². The standard InChI is InChI=1S/C29H26FN5O2/c1-18(32-17-19-11-14-22(30)15-12-19)26-25(31)28(36)34-27(33-26)24-16-13-20-7-5-6-10-23(20)35(24)29(37)21-8-3-2-4-9-21/h2-12,14-15,24,32H,1,13,16-17,31H2,(H,33,34,36). The Labute approximate surface area is 213 Å².